The first-order valence-corrected chi connectivity index (χ1v) is 7.68. The molecule has 1 aromatic carbocycles. The number of aromatic carboxylic acids is 1. The van der Waals surface area contributed by atoms with Crippen LogP contribution in [-0.2, 0) is 13.8 Å². The average molecular weight is 322 g/mol. The number of ether oxygens (including phenoxy) is 1. The maximum absolute atomic E-state index is 11.3. The van der Waals surface area contributed by atoms with Crippen molar-refractivity contribution in [3.8, 4) is 5.75 Å². The zero-order valence-electron chi connectivity index (χ0n) is 10.6. The highest BCUT2D eigenvalue weighted by Gasteiger charge is 2.21. The number of benzene rings is 1. The van der Waals surface area contributed by atoms with Crippen LogP contribution >= 0.6 is 10.7 Å². The van der Waals surface area contributed by atoms with Crippen LogP contribution < -0.4 is 10.1 Å². The average Bonchev–Trinajstić information content (AvgIpc) is 2.36. The van der Waals surface area contributed by atoms with Crippen molar-refractivity contribution in [1.29, 1.82) is 0 Å². The molecule has 0 bridgehead atoms. The lowest BCUT2D eigenvalue weighted by Crippen LogP contribution is -2.34. The molecule has 1 unspecified atom stereocenters. The van der Waals surface area contributed by atoms with Crippen LogP contribution in [0.3, 0.4) is 0 Å². The third-order valence-corrected chi connectivity index (χ3v) is 3.73. The van der Waals surface area contributed by atoms with Crippen molar-refractivity contribution in [2.45, 2.75) is 17.9 Å². The second-order valence-electron chi connectivity index (χ2n) is 3.78. The van der Waals surface area contributed by atoms with Crippen molar-refractivity contribution in [3.63, 3.8) is 0 Å². The molecule has 1 atom stereocenters. The predicted molar refractivity (Wildman–Crippen MR) is 70.6 cm³/mol. The smallest absolute Gasteiger partial charge is 0.339 e. The summed E-state index contributed by atoms with van der Waals surface area (Å²) in [5.41, 5.74) is -0.400. The van der Waals surface area contributed by atoms with Gasteiger partial charge >= 0.3 is 5.97 Å². The quantitative estimate of drug-likeness (QED) is 0.777. The summed E-state index contributed by atoms with van der Waals surface area (Å²) >= 11 is 0. The van der Waals surface area contributed by atoms with Gasteiger partial charge in [-0.05, 0) is 25.1 Å². The molecule has 2 N–H and O–H groups in total. The first kappa shape index (κ1) is 16.3. The Balaban J connectivity index is 3.21. The van der Waals surface area contributed by atoms with Crippen LogP contribution in [0.25, 0.3) is 0 Å². The molecule has 0 fully saturated rings. The Bertz CT molecular complexity index is 642. The Labute approximate surface area is 119 Å². The number of carbonyl (C=O) groups is 2. The number of carbonyl (C=O) groups excluding carboxylic acids is 1. The number of likely N-dealkylation sites (N-methyl/N-ethyl adjacent to an activating group) is 1. The highest BCUT2D eigenvalue weighted by molar-refractivity contribution is 8.13. The molecule has 0 spiro atoms. The van der Waals surface area contributed by atoms with Crippen molar-refractivity contribution in [2.75, 3.05) is 7.05 Å². The van der Waals surface area contributed by atoms with Gasteiger partial charge in [-0.15, -0.1) is 0 Å². The van der Waals surface area contributed by atoms with Crippen molar-refractivity contribution in [3.05, 3.63) is 23.8 Å². The summed E-state index contributed by atoms with van der Waals surface area (Å²) in [5, 5.41) is 11.4. The van der Waals surface area contributed by atoms with Gasteiger partial charge in [-0.2, -0.15) is 0 Å². The number of amides is 1. The van der Waals surface area contributed by atoms with Crippen LogP contribution in [0.2, 0.25) is 0 Å². The minimum Gasteiger partial charge on any atom is -0.480 e. The van der Waals surface area contributed by atoms with Gasteiger partial charge in [0.15, 0.2) is 6.10 Å². The van der Waals surface area contributed by atoms with Gasteiger partial charge in [0.05, 0.1) is 4.90 Å². The summed E-state index contributed by atoms with van der Waals surface area (Å²) in [7, 11) is 2.50. The van der Waals surface area contributed by atoms with E-state index in [4.69, 9.17) is 20.5 Å². The van der Waals surface area contributed by atoms with Gasteiger partial charge in [0.1, 0.15) is 11.3 Å². The summed E-state index contributed by atoms with van der Waals surface area (Å²) in [6, 6.07) is 3.11. The lowest BCUT2D eigenvalue weighted by molar-refractivity contribution is -0.126. The van der Waals surface area contributed by atoms with Crippen LogP contribution in [-0.4, -0.2) is 38.6 Å². The van der Waals surface area contributed by atoms with Crippen LogP contribution in [0.15, 0.2) is 23.1 Å². The molecule has 0 aliphatic rings. The van der Waals surface area contributed by atoms with Crippen molar-refractivity contribution >= 4 is 31.6 Å². The monoisotopic (exact) mass is 321 g/mol. The zero-order valence-corrected chi connectivity index (χ0v) is 12.2. The van der Waals surface area contributed by atoms with E-state index in [1.54, 1.807) is 0 Å². The number of hydrogen-bond acceptors (Lipinski definition) is 5. The minimum atomic E-state index is -4.05. The Morgan fingerprint density at radius 3 is 2.45 bits per heavy atom. The van der Waals surface area contributed by atoms with E-state index in [9.17, 15) is 18.0 Å². The largest absolute Gasteiger partial charge is 0.480 e. The Morgan fingerprint density at radius 1 is 1.40 bits per heavy atom. The molecule has 1 rings (SSSR count). The minimum absolute atomic E-state index is 0.127. The van der Waals surface area contributed by atoms with E-state index in [1.165, 1.54) is 14.0 Å². The summed E-state index contributed by atoms with van der Waals surface area (Å²) < 4.78 is 27.5. The molecule has 1 amide bonds. The van der Waals surface area contributed by atoms with E-state index >= 15 is 0 Å². The molecule has 110 valence electrons. The van der Waals surface area contributed by atoms with Crippen molar-refractivity contribution in [2.24, 2.45) is 0 Å². The third-order valence-electron chi connectivity index (χ3n) is 2.38. The van der Waals surface area contributed by atoms with Crippen molar-refractivity contribution < 1.29 is 27.9 Å². The summed E-state index contributed by atoms with van der Waals surface area (Å²) in [6.07, 6.45) is -0.934. The van der Waals surface area contributed by atoms with Gasteiger partial charge in [0.2, 0.25) is 0 Å². The van der Waals surface area contributed by atoms with Gasteiger partial charge in [0.25, 0.3) is 15.0 Å². The molecular weight excluding hydrogens is 310 g/mol. The first-order chi connectivity index (χ1) is 9.16. The van der Waals surface area contributed by atoms with E-state index in [2.05, 4.69) is 5.32 Å². The molecule has 0 aromatic heterocycles. The van der Waals surface area contributed by atoms with Crippen LogP contribution in [0, 0.1) is 0 Å². The lowest BCUT2D eigenvalue weighted by atomic mass is 10.2. The highest BCUT2D eigenvalue weighted by atomic mass is 35.7. The fraction of sp³-hybridized carbons (Fsp3) is 0.273. The molecule has 9 heteroatoms. The summed E-state index contributed by atoms with van der Waals surface area (Å²) in [6.45, 7) is 1.43. The van der Waals surface area contributed by atoms with Gasteiger partial charge in [-0.25, -0.2) is 13.2 Å². The Hall–Kier alpha value is -1.80. The Kier molecular flexibility index (Phi) is 4.96. The molecule has 0 saturated heterocycles. The number of rotatable bonds is 5. The van der Waals surface area contributed by atoms with Crippen molar-refractivity contribution in [1.82, 2.24) is 5.32 Å². The topological polar surface area (TPSA) is 110 Å². The second kappa shape index (κ2) is 6.10. The van der Waals surface area contributed by atoms with Gasteiger partial charge in [-0.3, -0.25) is 4.79 Å². The molecule has 0 radical (unpaired) electrons. The summed E-state index contributed by atoms with van der Waals surface area (Å²) in [4.78, 5) is 22.1. The molecule has 0 heterocycles. The molecule has 0 aliphatic carbocycles. The van der Waals surface area contributed by atoms with E-state index in [0.717, 1.165) is 18.2 Å². The van der Waals surface area contributed by atoms with Crippen LogP contribution in [0.4, 0.5) is 0 Å². The fourth-order valence-corrected chi connectivity index (χ4v) is 2.16. The highest BCUT2D eigenvalue weighted by Crippen LogP contribution is 2.25. The third kappa shape index (κ3) is 3.84. The molecule has 1 aromatic rings. The molecular formula is C11H12ClNO6S. The summed E-state index contributed by atoms with van der Waals surface area (Å²) in [5.74, 6) is -1.97. The van der Waals surface area contributed by atoms with E-state index in [-0.39, 0.29) is 10.6 Å². The normalized spacial score (nSPS) is 12.6. The number of carboxylic acids is 1. The van der Waals surface area contributed by atoms with Crippen LogP contribution in [0.1, 0.15) is 17.3 Å². The first-order valence-electron chi connectivity index (χ1n) is 5.37. The molecule has 7 nitrogen and oxygen atoms in total. The van der Waals surface area contributed by atoms with Gasteiger partial charge < -0.3 is 15.2 Å². The van der Waals surface area contributed by atoms with E-state index in [1.807, 2.05) is 0 Å². The maximum Gasteiger partial charge on any atom is 0.339 e. The number of halogens is 1. The van der Waals surface area contributed by atoms with E-state index < -0.39 is 32.6 Å². The van der Waals surface area contributed by atoms with Gasteiger partial charge in [-0.1, -0.05) is 0 Å². The molecule has 0 saturated carbocycles. The van der Waals surface area contributed by atoms with Gasteiger partial charge in [0, 0.05) is 17.7 Å². The number of nitrogens with one attached hydrogen (secondary N) is 1. The zero-order chi connectivity index (χ0) is 15.5. The maximum atomic E-state index is 11.3. The second-order valence-corrected chi connectivity index (χ2v) is 6.34. The lowest BCUT2D eigenvalue weighted by Gasteiger charge is -2.15. The molecule has 0 aliphatic heterocycles. The van der Waals surface area contributed by atoms with Crippen LogP contribution in [0.5, 0.6) is 5.75 Å². The Morgan fingerprint density at radius 2 is 2.00 bits per heavy atom. The standard InChI is InChI=1S/C11H12ClNO6S/c1-6(10(14)13-2)19-9-4-3-7(20(12,17)18)5-8(9)11(15)16/h3-6H,1-2H3,(H,13,14)(H,15,16). The van der Waals surface area contributed by atoms with E-state index in [0.29, 0.717) is 0 Å². The number of hydrogen-bond donors (Lipinski definition) is 2. The number of carboxylic acid groups (broad SMARTS) is 1. The molecule has 20 heavy (non-hydrogen) atoms. The fourth-order valence-electron chi connectivity index (χ4n) is 1.38. The predicted octanol–water partition coefficient (Wildman–Crippen LogP) is 0.826. The SMILES string of the molecule is CNC(=O)C(C)Oc1ccc(S(=O)(=O)Cl)cc1C(=O)O.